The third-order valence-electron chi connectivity index (χ3n) is 6.43. The fourth-order valence-electron chi connectivity index (χ4n) is 4.28. The van der Waals surface area contributed by atoms with Gasteiger partial charge in [0, 0.05) is 54.7 Å². The molecule has 0 saturated heterocycles. The molecule has 4 aromatic rings. The second kappa shape index (κ2) is 8.78. The van der Waals surface area contributed by atoms with Crippen LogP contribution in [0.4, 0.5) is 16.6 Å². The first-order valence-electron chi connectivity index (χ1n) is 11.9. The number of para-hydroxylation sites is 1. The molecule has 3 heterocycles. The Morgan fingerprint density at radius 1 is 1.14 bits per heavy atom. The Balaban J connectivity index is 1.34. The minimum atomic E-state index is -0.334. The minimum absolute atomic E-state index is 0.0630. The van der Waals surface area contributed by atoms with Crippen molar-refractivity contribution >= 4 is 28.8 Å². The Kier molecular flexibility index (Phi) is 5.74. The highest BCUT2D eigenvalue weighted by Gasteiger charge is 2.42. The summed E-state index contributed by atoms with van der Waals surface area (Å²) in [6, 6.07) is 12.9. The number of carbonyl (C=O) groups excluding carboxylic acids is 1. The molecule has 3 aromatic heterocycles. The summed E-state index contributed by atoms with van der Waals surface area (Å²) in [6.45, 7) is 6.24. The van der Waals surface area contributed by atoms with Crippen LogP contribution in [0, 0.1) is 0 Å². The van der Waals surface area contributed by atoms with Gasteiger partial charge in [-0.25, -0.2) is 14.5 Å². The number of aryl methyl sites for hydroxylation is 1. The molecule has 10 nitrogen and oxygen atoms in total. The number of nitrogens with one attached hydrogen (secondary N) is 3. The van der Waals surface area contributed by atoms with Gasteiger partial charge in [0.2, 0.25) is 5.95 Å². The SMILES string of the molecule is CNc1ncc2cc(C3CC3NC(=O)Nc3cc(C(C)(C)C)nn3-c3ccccc3)c(=O)n(C)c2n1. The number of benzene rings is 1. The van der Waals surface area contributed by atoms with Crippen molar-refractivity contribution in [2.75, 3.05) is 17.7 Å². The van der Waals surface area contributed by atoms with E-state index in [0.717, 1.165) is 16.8 Å². The summed E-state index contributed by atoms with van der Waals surface area (Å²) in [7, 11) is 3.44. The van der Waals surface area contributed by atoms with E-state index in [4.69, 9.17) is 5.10 Å². The fourth-order valence-corrected chi connectivity index (χ4v) is 4.28. The molecule has 1 aromatic carbocycles. The maximum atomic E-state index is 13.0. The van der Waals surface area contributed by atoms with Gasteiger partial charge in [0.25, 0.3) is 5.56 Å². The highest BCUT2D eigenvalue weighted by Crippen LogP contribution is 2.40. The highest BCUT2D eigenvalue weighted by atomic mass is 16.2. The van der Waals surface area contributed by atoms with E-state index in [1.54, 1.807) is 25.0 Å². The molecule has 1 saturated carbocycles. The minimum Gasteiger partial charge on any atom is -0.357 e. The molecule has 1 aliphatic rings. The van der Waals surface area contributed by atoms with Crippen LogP contribution in [0.3, 0.4) is 0 Å². The third kappa shape index (κ3) is 4.41. The fraction of sp³-hybridized carbons (Fsp3) is 0.346. The largest absolute Gasteiger partial charge is 0.357 e. The summed E-state index contributed by atoms with van der Waals surface area (Å²) in [4.78, 5) is 34.6. The van der Waals surface area contributed by atoms with Gasteiger partial charge in [0.05, 0.1) is 11.4 Å². The van der Waals surface area contributed by atoms with Crippen molar-refractivity contribution in [2.45, 2.75) is 44.6 Å². The van der Waals surface area contributed by atoms with Gasteiger partial charge in [-0.1, -0.05) is 39.0 Å². The smallest absolute Gasteiger partial charge is 0.320 e. The monoisotopic (exact) mass is 486 g/mol. The lowest BCUT2D eigenvalue weighted by molar-refractivity contribution is 0.251. The molecule has 10 heteroatoms. The van der Waals surface area contributed by atoms with Gasteiger partial charge in [-0.3, -0.25) is 14.7 Å². The van der Waals surface area contributed by atoms with E-state index in [-0.39, 0.29) is 29.0 Å². The number of nitrogens with zero attached hydrogens (tertiary/aromatic N) is 5. The summed E-state index contributed by atoms with van der Waals surface area (Å²) in [5.74, 6) is 0.976. The molecule has 1 aliphatic carbocycles. The lowest BCUT2D eigenvalue weighted by Crippen LogP contribution is -2.33. The van der Waals surface area contributed by atoms with Crippen molar-refractivity contribution in [1.29, 1.82) is 0 Å². The van der Waals surface area contributed by atoms with Crippen molar-refractivity contribution in [2.24, 2.45) is 7.05 Å². The maximum Gasteiger partial charge on any atom is 0.320 e. The van der Waals surface area contributed by atoms with Crippen molar-refractivity contribution in [1.82, 2.24) is 29.6 Å². The van der Waals surface area contributed by atoms with E-state index in [1.807, 2.05) is 42.5 Å². The van der Waals surface area contributed by atoms with Crippen LogP contribution in [0.5, 0.6) is 0 Å². The van der Waals surface area contributed by atoms with Crippen molar-refractivity contribution in [3.8, 4) is 5.69 Å². The van der Waals surface area contributed by atoms with E-state index in [2.05, 4.69) is 46.7 Å². The molecule has 1 fully saturated rings. The van der Waals surface area contributed by atoms with Crippen LogP contribution in [0.1, 0.15) is 44.4 Å². The number of fused-ring (bicyclic) bond motifs is 1. The Morgan fingerprint density at radius 2 is 1.89 bits per heavy atom. The lowest BCUT2D eigenvalue weighted by atomic mass is 9.92. The summed E-state index contributed by atoms with van der Waals surface area (Å²) in [5.41, 5.74) is 2.65. The second-order valence-electron chi connectivity index (χ2n) is 10.1. The van der Waals surface area contributed by atoms with Crippen LogP contribution < -0.4 is 21.5 Å². The molecule has 36 heavy (non-hydrogen) atoms. The van der Waals surface area contributed by atoms with E-state index < -0.39 is 0 Å². The third-order valence-corrected chi connectivity index (χ3v) is 6.43. The number of anilines is 2. The number of hydrogen-bond acceptors (Lipinski definition) is 6. The van der Waals surface area contributed by atoms with Gasteiger partial charge in [-0.15, -0.1) is 0 Å². The molecule has 2 atom stereocenters. The first-order valence-corrected chi connectivity index (χ1v) is 11.9. The normalized spacial score (nSPS) is 17.1. The van der Waals surface area contributed by atoms with Gasteiger partial charge in [0.1, 0.15) is 11.5 Å². The van der Waals surface area contributed by atoms with Crippen LogP contribution in [0.15, 0.2) is 53.5 Å². The molecule has 186 valence electrons. The molecular formula is C26H30N8O2. The molecule has 0 aliphatic heterocycles. The summed E-state index contributed by atoms with van der Waals surface area (Å²) >= 11 is 0. The summed E-state index contributed by atoms with van der Waals surface area (Å²) < 4.78 is 3.28. The van der Waals surface area contributed by atoms with Crippen LogP contribution >= 0.6 is 0 Å². The van der Waals surface area contributed by atoms with Crippen molar-refractivity contribution < 1.29 is 4.79 Å². The maximum absolute atomic E-state index is 13.0. The van der Waals surface area contributed by atoms with Crippen molar-refractivity contribution in [3.63, 3.8) is 0 Å². The number of hydrogen-bond donors (Lipinski definition) is 3. The zero-order chi connectivity index (χ0) is 25.6. The molecule has 0 spiro atoms. The number of aromatic nitrogens is 5. The van der Waals surface area contributed by atoms with Crippen LogP contribution in [0.2, 0.25) is 0 Å². The van der Waals surface area contributed by atoms with E-state index in [0.29, 0.717) is 29.4 Å². The van der Waals surface area contributed by atoms with E-state index in [1.165, 1.54) is 4.57 Å². The number of urea groups is 1. The predicted molar refractivity (Wildman–Crippen MR) is 140 cm³/mol. The number of amides is 2. The van der Waals surface area contributed by atoms with Crippen molar-refractivity contribution in [3.05, 3.63) is 70.3 Å². The summed E-state index contributed by atoms with van der Waals surface area (Å²) in [5, 5.41) is 14.4. The Bertz CT molecular complexity index is 1500. The standard InChI is InChI=1S/C26H30N8O2/c1-26(2,3)20-13-21(34(32-20)16-9-7-6-8-10-16)30-25(36)29-19-12-17(19)18-11-15-14-28-24(27-4)31-22(15)33(5)23(18)35/h6-11,13-14,17,19H,12H2,1-5H3,(H,27,28,31)(H2,29,30,36). The number of pyridine rings is 1. The molecule has 5 rings (SSSR count). The average molecular weight is 487 g/mol. The predicted octanol–water partition coefficient (Wildman–Crippen LogP) is 3.53. The van der Waals surface area contributed by atoms with Crippen LogP contribution in [-0.2, 0) is 12.5 Å². The van der Waals surface area contributed by atoms with Gasteiger partial charge in [0.15, 0.2) is 0 Å². The van der Waals surface area contributed by atoms with Gasteiger partial charge >= 0.3 is 6.03 Å². The molecule has 0 radical (unpaired) electrons. The van der Waals surface area contributed by atoms with Crippen LogP contribution in [0.25, 0.3) is 16.7 Å². The molecule has 2 unspecified atom stereocenters. The Hall–Kier alpha value is -4.21. The van der Waals surface area contributed by atoms with Gasteiger partial charge in [-0.05, 0) is 24.6 Å². The molecule has 2 amide bonds. The zero-order valence-electron chi connectivity index (χ0n) is 21.0. The Morgan fingerprint density at radius 3 is 2.58 bits per heavy atom. The molecule has 3 N–H and O–H groups in total. The molecular weight excluding hydrogens is 456 g/mol. The van der Waals surface area contributed by atoms with Crippen LogP contribution in [-0.4, -0.2) is 43.4 Å². The lowest BCUT2D eigenvalue weighted by Gasteiger charge is -2.14. The zero-order valence-corrected chi connectivity index (χ0v) is 21.0. The molecule has 0 bridgehead atoms. The van der Waals surface area contributed by atoms with E-state index >= 15 is 0 Å². The number of carbonyl (C=O) groups is 1. The summed E-state index contributed by atoms with van der Waals surface area (Å²) in [6.07, 6.45) is 2.39. The van der Waals surface area contributed by atoms with Gasteiger partial charge < -0.3 is 10.6 Å². The average Bonchev–Trinajstić information content (AvgIpc) is 3.47. The van der Waals surface area contributed by atoms with E-state index in [9.17, 15) is 9.59 Å². The second-order valence-corrected chi connectivity index (χ2v) is 10.1. The quantitative estimate of drug-likeness (QED) is 0.397. The number of rotatable bonds is 5. The Labute approximate surface area is 208 Å². The highest BCUT2D eigenvalue weighted by molar-refractivity contribution is 5.89. The first kappa shape index (κ1) is 23.5. The topological polar surface area (TPSA) is 119 Å². The van der Waals surface area contributed by atoms with Gasteiger partial charge in [-0.2, -0.15) is 10.1 Å². The first-order chi connectivity index (χ1) is 17.2.